The van der Waals surface area contributed by atoms with Gasteiger partial charge < -0.3 is 0 Å². The average molecular weight is 194 g/mol. The smallest absolute Gasteiger partial charge is 0.00298 e. The normalized spacial score (nSPS) is 10.4. The van der Waals surface area contributed by atoms with Crippen LogP contribution < -0.4 is 0 Å². The molecule has 0 atom stereocenters. The molecule has 0 heterocycles. The van der Waals surface area contributed by atoms with Crippen LogP contribution in [0.15, 0.2) is 18.2 Å². The fourth-order valence-electron chi connectivity index (χ4n) is 1.53. The Morgan fingerprint density at radius 3 is 2.62 bits per heavy atom. The lowest BCUT2D eigenvalue weighted by Crippen LogP contribution is -1.92. The van der Waals surface area contributed by atoms with Crippen molar-refractivity contribution in [1.82, 2.24) is 0 Å². The van der Waals surface area contributed by atoms with Crippen molar-refractivity contribution in [3.8, 4) is 0 Å². The van der Waals surface area contributed by atoms with Crippen molar-refractivity contribution >= 4 is 11.8 Å². The van der Waals surface area contributed by atoms with Crippen molar-refractivity contribution in [2.75, 3.05) is 12.0 Å². The molecule has 0 aliphatic heterocycles. The molecule has 0 saturated heterocycles. The number of thioether (sulfide) groups is 1. The zero-order chi connectivity index (χ0) is 9.68. The van der Waals surface area contributed by atoms with Crippen molar-refractivity contribution in [2.45, 2.75) is 26.7 Å². The van der Waals surface area contributed by atoms with Crippen LogP contribution in [-0.2, 0) is 12.8 Å². The van der Waals surface area contributed by atoms with Crippen molar-refractivity contribution in [1.29, 1.82) is 0 Å². The van der Waals surface area contributed by atoms with E-state index in [9.17, 15) is 0 Å². The van der Waals surface area contributed by atoms with Gasteiger partial charge in [-0.05, 0) is 48.5 Å². The first-order chi connectivity index (χ1) is 6.27. The third kappa shape index (κ3) is 3.07. The van der Waals surface area contributed by atoms with Crippen molar-refractivity contribution < 1.29 is 0 Å². The molecule has 0 radical (unpaired) electrons. The number of hydrogen-bond donors (Lipinski definition) is 0. The Balaban J connectivity index is 2.71. The second kappa shape index (κ2) is 5.33. The van der Waals surface area contributed by atoms with Crippen LogP contribution in [0.4, 0.5) is 0 Å². The maximum atomic E-state index is 2.33. The van der Waals surface area contributed by atoms with Crippen LogP contribution >= 0.6 is 11.8 Å². The average Bonchev–Trinajstić information content (AvgIpc) is 2.15. The number of aryl methyl sites for hydroxylation is 3. The highest BCUT2D eigenvalue weighted by atomic mass is 32.2. The monoisotopic (exact) mass is 194 g/mol. The highest BCUT2D eigenvalue weighted by Gasteiger charge is 1.97. The van der Waals surface area contributed by atoms with Crippen molar-refractivity contribution in [2.24, 2.45) is 0 Å². The topological polar surface area (TPSA) is 0 Å². The lowest BCUT2D eigenvalue weighted by atomic mass is 10.0. The van der Waals surface area contributed by atoms with Gasteiger partial charge in [0, 0.05) is 0 Å². The molecule has 0 spiro atoms. The Hall–Kier alpha value is -0.430. The molecule has 0 aliphatic rings. The summed E-state index contributed by atoms with van der Waals surface area (Å²) >= 11 is 1.91. The molecule has 1 aromatic carbocycles. The van der Waals surface area contributed by atoms with Gasteiger partial charge in [0.25, 0.3) is 0 Å². The van der Waals surface area contributed by atoms with E-state index in [1.165, 1.54) is 28.9 Å². The SMILES string of the molecule is CCc1ccc(CCSC)cc1C. The van der Waals surface area contributed by atoms with Gasteiger partial charge in [-0.25, -0.2) is 0 Å². The van der Waals surface area contributed by atoms with Crippen LogP contribution in [0.3, 0.4) is 0 Å². The molecule has 0 aliphatic carbocycles. The predicted octanol–water partition coefficient (Wildman–Crippen LogP) is 3.46. The molecular formula is C12H18S. The summed E-state index contributed by atoms with van der Waals surface area (Å²) < 4.78 is 0. The molecule has 0 amide bonds. The van der Waals surface area contributed by atoms with Gasteiger partial charge in [-0.1, -0.05) is 25.1 Å². The van der Waals surface area contributed by atoms with Crippen LogP contribution in [0.25, 0.3) is 0 Å². The van der Waals surface area contributed by atoms with E-state index in [1.807, 2.05) is 11.8 Å². The minimum Gasteiger partial charge on any atom is -0.165 e. The highest BCUT2D eigenvalue weighted by molar-refractivity contribution is 7.98. The molecule has 0 bridgehead atoms. The van der Waals surface area contributed by atoms with Crippen LogP contribution in [0, 0.1) is 6.92 Å². The fraction of sp³-hybridized carbons (Fsp3) is 0.500. The van der Waals surface area contributed by atoms with Crippen LogP contribution in [-0.4, -0.2) is 12.0 Å². The Bertz CT molecular complexity index is 266. The first-order valence-electron chi connectivity index (χ1n) is 4.85. The molecule has 1 heteroatoms. The maximum absolute atomic E-state index is 2.33. The summed E-state index contributed by atoms with van der Waals surface area (Å²) in [4.78, 5) is 0. The lowest BCUT2D eigenvalue weighted by molar-refractivity contribution is 1.08. The van der Waals surface area contributed by atoms with Crippen LogP contribution in [0.1, 0.15) is 23.6 Å². The minimum absolute atomic E-state index is 1.15. The van der Waals surface area contributed by atoms with Crippen LogP contribution in [0.2, 0.25) is 0 Å². The quantitative estimate of drug-likeness (QED) is 0.707. The molecule has 1 aromatic rings. The zero-order valence-electron chi connectivity index (χ0n) is 8.76. The molecule has 13 heavy (non-hydrogen) atoms. The molecule has 0 N–H and O–H groups in total. The van der Waals surface area contributed by atoms with Crippen molar-refractivity contribution in [3.05, 3.63) is 34.9 Å². The predicted molar refractivity (Wildman–Crippen MR) is 62.6 cm³/mol. The van der Waals surface area contributed by atoms with Gasteiger partial charge in [0.1, 0.15) is 0 Å². The first-order valence-corrected chi connectivity index (χ1v) is 6.24. The number of benzene rings is 1. The summed E-state index contributed by atoms with van der Waals surface area (Å²) in [6.45, 7) is 4.42. The molecule has 0 aromatic heterocycles. The van der Waals surface area contributed by atoms with E-state index in [1.54, 1.807) is 0 Å². The molecule has 0 nitrogen and oxygen atoms in total. The summed E-state index contributed by atoms with van der Waals surface area (Å²) in [7, 11) is 0. The Kier molecular flexibility index (Phi) is 4.37. The zero-order valence-corrected chi connectivity index (χ0v) is 9.58. The van der Waals surface area contributed by atoms with E-state index in [0.29, 0.717) is 0 Å². The van der Waals surface area contributed by atoms with Crippen LogP contribution in [0.5, 0.6) is 0 Å². The maximum Gasteiger partial charge on any atom is -0.00298 e. The molecule has 0 unspecified atom stereocenters. The van der Waals surface area contributed by atoms with Gasteiger partial charge in [-0.3, -0.25) is 0 Å². The fourth-order valence-corrected chi connectivity index (χ4v) is 1.97. The van der Waals surface area contributed by atoms with E-state index in [4.69, 9.17) is 0 Å². The third-order valence-electron chi connectivity index (χ3n) is 2.38. The summed E-state index contributed by atoms with van der Waals surface area (Å²) in [6.07, 6.45) is 4.51. The number of hydrogen-bond acceptors (Lipinski definition) is 1. The molecule has 72 valence electrons. The van der Waals surface area contributed by atoms with Gasteiger partial charge in [-0.15, -0.1) is 0 Å². The summed E-state index contributed by atoms with van der Waals surface area (Å²) in [5.74, 6) is 1.23. The second-order valence-corrected chi connectivity index (χ2v) is 4.34. The van der Waals surface area contributed by atoms with E-state index in [-0.39, 0.29) is 0 Å². The van der Waals surface area contributed by atoms with Gasteiger partial charge in [-0.2, -0.15) is 11.8 Å². The standard InChI is InChI=1S/C12H18S/c1-4-12-6-5-11(7-8-13-3)9-10(12)2/h5-6,9H,4,7-8H2,1-3H3. The summed E-state index contributed by atoms with van der Waals surface area (Å²) in [6, 6.07) is 6.86. The van der Waals surface area contributed by atoms with E-state index in [2.05, 4.69) is 38.3 Å². The molecule has 0 saturated carbocycles. The largest absolute Gasteiger partial charge is 0.165 e. The Labute approximate surface area is 85.7 Å². The molecule has 0 fully saturated rings. The minimum atomic E-state index is 1.15. The van der Waals surface area contributed by atoms with Gasteiger partial charge in [0.05, 0.1) is 0 Å². The molecule has 1 rings (SSSR count). The lowest BCUT2D eigenvalue weighted by Gasteiger charge is -2.05. The second-order valence-electron chi connectivity index (χ2n) is 3.36. The van der Waals surface area contributed by atoms with Gasteiger partial charge in [0.15, 0.2) is 0 Å². The van der Waals surface area contributed by atoms with Gasteiger partial charge in [0.2, 0.25) is 0 Å². The Morgan fingerprint density at radius 1 is 1.31 bits per heavy atom. The summed E-state index contributed by atoms with van der Waals surface area (Å²) in [5.41, 5.74) is 4.40. The van der Waals surface area contributed by atoms with E-state index in [0.717, 1.165) is 6.42 Å². The summed E-state index contributed by atoms with van der Waals surface area (Å²) in [5, 5.41) is 0. The first kappa shape index (κ1) is 10.6. The third-order valence-corrected chi connectivity index (χ3v) is 3.00. The number of rotatable bonds is 4. The highest BCUT2D eigenvalue weighted by Crippen LogP contribution is 2.13. The molecular weight excluding hydrogens is 176 g/mol. The van der Waals surface area contributed by atoms with E-state index >= 15 is 0 Å². The van der Waals surface area contributed by atoms with E-state index < -0.39 is 0 Å². The Morgan fingerprint density at radius 2 is 2.08 bits per heavy atom. The van der Waals surface area contributed by atoms with Crippen molar-refractivity contribution in [3.63, 3.8) is 0 Å². The van der Waals surface area contributed by atoms with Gasteiger partial charge >= 0.3 is 0 Å².